The summed E-state index contributed by atoms with van der Waals surface area (Å²) in [5.74, 6) is -0.508. The van der Waals surface area contributed by atoms with Crippen LogP contribution in [0.25, 0.3) is 0 Å². The highest BCUT2D eigenvalue weighted by Crippen LogP contribution is 2.45. The lowest BCUT2D eigenvalue weighted by atomic mass is 10.2. The zero-order chi connectivity index (χ0) is 12.3. The molecule has 1 aromatic carbocycles. The van der Waals surface area contributed by atoms with Crippen LogP contribution in [-0.4, -0.2) is 16.8 Å². The molecular formula is C12H11NO2S2. The van der Waals surface area contributed by atoms with Gasteiger partial charge < -0.3 is 5.32 Å². The van der Waals surface area contributed by atoms with Crippen molar-refractivity contribution in [2.45, 2.75) is 6.92 Å². The summed E-state index contributed by atoms with van der Waals surface area (Å²) < 4.78 is 0.825. The lowest BCUT2D eigenvalue weighted by molar-refractivity contribution is -0.118. The van der Waals surface area contributed by atoms with Gasteiger partial charge in [0.2, 0.25) is 0 Å². The molecule has 1 aliphatic rings. The van der Waals surface area contributed by atoms with Gasteiger partial charge >= 0.3 is 0 Å². The molecule has 1 amide bonds. The molecule has 0 aromatic heterocycles. The second-order valence-electron chi connectivity index (χ2n) is 3.45. The highest BCUT2D eigenvalue weighted by molar-refractivity contribution is 8.37. The summed E-state index contributed by atoms with van der Waals surface area (Å²) in [5.41, 5.74) is 0.973. The maximum absolute atomic E-state index is 12.0. The first kappa shape index (κ1) is 12.3. The molecule has 0 spiro atoms. The topological polar surface area (TPSA) is 46.2 Å². The number of hydrogen-bond donors (Lipinski definition) is 1. The van der Waals surface area contributed by atoms with Gasteiger partial charge in [0.25, 0.3) is 5.91 Å². The van der Waals surface area contributed by atoms with Crippen molar-refractivity contribution in [3.63, 3.8) is 0 Å². The standard InChI is InChI=1S/C12H11NO2S2/c1-8(14)10(12-16-7-17-12)11(15)13-9-5-3-2-4-6-9/h2-6H,7H2,1H3,(H,13,15). The van der Waals surface area contributed by atoms with E-state index in [0.29, 0.717) is 5.69 Å². The highest BCUT2D eigenvalue weighted by atomic mass is 32.3. The van der Waals surface area contributed by atoms with Crippen LogP contribution in [0.15, 0.2) is 40.1 Å². The number of rotatable bonds is 3. The van der Waals surface area contributed by atoms with Gasteiger partial charge in [-0.25, -0.2) is 0 Å². The fourth-order valence-electron chi connectivity index (χ4n) is 1.37. The summed E-state index contributed by atoms with van der Waals surface area (Å²) in [6, 6.07) is 9.13. The van der Waals surface area contributed by atoms with Crippen molar-refractivity contribution >= 4 is 40.9 Å². The van der Waals surface area contributed by atoms with E-state index < -0.39 is 0 Å². The van der Waals surface area contributed by atoms with Gasteiger partial charge in [0.1, 0.15) is 5.57 Å². The Kier molecular flexibility index (Phi) is 3.91. The van der Waals surface area contributed by atoms with Gasteiger partial charge in [-0.05, 0) is 19.1 Å². The normalized spacial score (nSPS) is 13.8. The van der Waals surface area contributed by atoms with Gasteiger partial charge in [0.15, 0.2) is 5.78 Å². The van der Waals surface area contributed by atoms with E-state index in [1.54, 1.807) is 35.7 Å². The van der Waals surface area contributed by atoms with E-state index in [0.717, 1.165) is 9.32 Å². The zero-order valence-electron chi connectivity index (χ0n) is 9.23. The number of nitrogens with one attached hydrogen (secondary N) is 1. The van der Waals surface area contributed by atoms with Crippen molar-refractivity contribution in [3.8, 4) is 0 Å². The van der Waals surface area contributed by atoms with Crippen LogP contribution in [0.2, 0.25) is 0 Å². The summed E-state index contributed by atoms with van der Waals surface area (Å²) >= 11 is 3.08. The summed E-state index contributed by atoms with van der Waals surface area (Å²) in [6.07, 6.45) is 0. The maximum atomic E-state index is 12.0. The summed E-state index contributed by atoms with van der Waals surface area (Å²) in [7, 11) is 0. The quantitative estimate of drug-likeness (QED) is 0.518. The molecular weight excluding hydrogens is 254 g/mol. The number of para-hydroxylation sites is 1. The van der Waals surface area contributed by atoms with Crippen LogP contribution in [0.4, 0.5) is 5.69 Å². The molecule has 0 bridgehead atoms. The fraction of sp³-hybridized carbons (Fsp3) is 0.167. The molecule has 1 heterocycles. The Morgan fingerprint density at radius 1 is 1.18 bits per heavy atom. The number of thioether (sulfide) groups is 2. The largest absolute Gasteiger partial charge is 0.322 e. The molecule has 88 valence electrons. The Labute approximate surface area is 108 Å². The van der Waals surface area contributed by atoms with Crippen LogP contribution in [0.1, 0.15) is 6.92 Å². The Balaban J connectivity index is 2.16. The number of amides is 1. The number of benzene rings is 1. The van der Waals surface area contributed by atoms with E-state index in [-0.39, 0.29) is 17.3 Å². The average Bonchev–Trinajstić information content (AvgIpc) is 2.23. The van der Waals surface area contributed by atoms with E-state index in [9.17, 15) is 9.59 Å². The van der Waals surface area contributed by atoms with E-state index in [1.807, 2.05) is 18.2 Å². The predicted octanol–water partition coefficient (Wildman–Crippen LogP) is 2.86. The lowest BCUT2D eigenvalue weighted by Gasteiger charge is -2.18. The summed E-state index contributed by atoms with van der Waals surface area (Å²) in [5, 5.41) is 3.64. The van der Waals surface area contributed by atoms with Crippen LogP contribution in [0, 0.1) is 0 Å². The van der Waals surface area contributed by atoms with Crippen molar-refractivity contribution in [1.82, 2.24) is 0 Å². The van der Waals surface area contributed by atoms with Crippen molar-refractivity contribution in [1.29, 1.82) is 0 Å². The average molecular weight is 265 g/mol. The minimum atomic E-state index is -0.321. The van der Waals surface area contributed by atoms with Gasteiger partial charge in [-0.15, -0.1) is 23.5 Å². The molecule has 0 radical (unpaired) electrons. The lowest BCUT2D eigenvalue weighted by Crippen LogP contribution is -2.21. The van der Waals surface area contributed by atoms with Gasteiger partial charge in [0, 0.05) is 10.8 Å². The number of carbonyl (C=O) groups excluding carboxylic acids is 2. The van der Waals surface area contributed by atoms with Crippen LogP contribution in [0.5, 0.6) is 0 Å². The third-order valence-electron chi connectivity index (χ3n) is 2.19. The van der Waals surface area contributed by atoms with E-state index in [4.69, 9.17) is 0 Å². The number of Topliss-reactive ketones (excluding diaryl/α,β-unsaturated/α-hetero) is 1. The van der Waals surface area contributed by atoms with Crippen molar-refractivity contribution in [3.05, 3.63) is 40.1 Å². The molecule has 1 aliphatic heterocycles. The highest BCUT2D eigenvalue weighted by Gasteiger charge is 2.25. The monoisotopic (exact) mass is 265 g/mol. The summed E-state index contributed by atoms with van der Waals surface area (Å²) in [4.78, 5) is 23.4. The molecule has 0 unspecified atom stereocenters. The van der Waals surface area contributed by atoms with Gasteiger partial charge in [-0.1, -0.05) is 18.2 Å². The van der Waals surface area contributed by atoms with Crippen LogP contribution in [0.3, 0.4) is 0 Å². The Morgan fingerprint density at radius 2 is 1.82 bits per heavy atom. The minimum Gasteiger partial charge on any atom is -0.322 e. The van der Waals surface area contributed by atoms with E-state index in [2.05, 4.69) is 5.32 Å². The Hall–Kier alpha value is -1.20. The molecule has 1 saturated heterocycles. The third kappa shape index (κ3) is 2.92. The molecule has 0 atom stereocenters. The van der Waals surface area contributed by atoms with Crippen LogP contribution < -0.4 is 5.32 Å². The fourth-order valence-corrected chi connectivity index (χ4v) is 3.08. The SMILES string of the molecule is CC(=O)C(C(=O)Nc1ccccc1)=C1SCS1. The smallest absolute Gasteiger partial charge is 0.260 e. The molecule has 1 aromatic rings. The van der Waals surface area contributed by atoms with Crippen molar-refractivity contribution in [2.75, 3.05) is 10.4 Å². The Bertz CT molecular complexity index is 477. The maximum Gasteiger partial charge on any atom is 0.260 e. The molecule has 1 N–H and O–H groups in total. The first-order valence-electron chi connectivity index (χ1n) is 5.05. The third-order valence-corrected chi connectivity index (χ3v) is 4.78. The second-order valence-corrected chi connectivity index (χ2v) is 6.04. The first-order chi connectivity index (χ1) is 8.18. The molecule has 0 aliphatic carbocycles. The molecule has 1 fully saturated rings. The van der Waals surface area contributed by atoms with Gasteiger partial charge in [0.05, 0.1) is 4.24 Å². The van der Waals surface area contributed by atoms with Crippen LogP contribution >= 0.6 is 23.5 Å². The van der Waals surface area contributed by atoms with Crippen molar-refractivity contribution in [2.24, 2.45) is 0 Å². The molecule has 5 heteroatoms. The molecule has 3 nitrogen and oxygen atoms in total. The van der Waals surface area contributed by atoms with Gasteiger partial charge in [-0.2, -0.15) is 0 Å². The van der Waals surface area contributed by atoms with Crippen LogP contribution in [-0.2, 0) is 9.59 Å². The van der Waals surface area contributed by atoms with Crippen molar-refractivity contribution < 1.29 is 9.59 Å². The zero-order valence-corrected chi connectivity index (χ0v) is 10.9. The summed E-state index contributed by atoms with van der Waals surface area (Å²) in [6.45, 7) is 1.42. The first-order valence-corrected chi connectivity index (χ1v) is 7.03. The number of anilines is 1. The molecule has 0 saturated carbocycles. The second kappa shape index (κ2) is 5.42. The Morgan fingerprint density at radius 3 is 2.29 bits per heavy atom. The van der Waals surface area contributed by atoms with Gasteiger partial charge in [-0.3, -0.25) is 9.59 Å². The number of carbonyl (C=O) groups is 2. The predicted molar refractivity (Wildman–Crippen MR) is 72.8 cm³/mol. The molecule has 2 rings (SSSR count). The number of ketones is 1. The van der Waals surface area contributed by atoms with E-state index >= 15 is 0 Å². The molecule has 17 heavy (non-hydrogen) atoms. The van der Waals surface area contributed by atoms with E-state index in [1.165, 1.54) is 6.92 Å². The number of hydrogen-bond acceptors (Lipinski definition) is 4. The minimum absolute atomic E-state index is 0.187.